The molecule has 0 atom stereocenters. The molecule has 0 bridgehead atoms. The maximum atomic E-state index is 13.0. The van der Waals surface area contributed by atoms with E-state index in [2.05, 4.69) is 32.2 Å². The Balaban J connectivity index is 1.67. The zero-order chi connectivity index (χ0) is 12.4. The maximum absolute atomic E-state index is 13.0. The Hall–Kier alpha value is -1.95. The van der Waals surface area contributed by atoms with Gasteiger partial charge in [-0.25, -0.2) is 8.91 Å². The summed E-state index contributed by atoms with van der Waals surface area (Å²) >= 11 is 1.69. The van der Waals surface area contributed by atoms with Gasteiger partial charge in [-0.05, 0) is 40.9 Å². The number of hydrogen-bond acceptors (Lipinski definition) is 4. The van der Waals surface area contributed by atoms with Crippen LogP contribution in [-0.2, 0) is 6.42 Å². The quantitative estimate of drug-likeness (QED) is 0.785. The van der Waals surface area contributed by atoms with Gasteiger partial charge in [0.15, 0.2) is 5.65 Å². The van der Waals surface area contributed by atoms with E-state index >= 15 is 0 Å². The third kappa shape index (κ3) is 2.33. The van der Waals surface area contributed by atoms with E-state index in [1.807, 2.05) is 0 Å². The van der Waals surface area contributed by atoms with Crippen LogP contribution in [0.5, 0.6) is 0 Å². The molecule has 0 amide bonds. The molecule has 3 aromatic rings. The van der Waals surface area contributed by atoms with E-state index in [1.165, 1.54) is 22.3 Å². The van der Waals surface area contributed by atoms with Gasteiger partial charge in [-0.2, -0.15) is 16.3 Å². The van der Waals surface area contributed by atoms with Gasteiger partial charge in [-0.15, -0.1) is 5.10 Å². The van der Waals surface area contributed by atoms with E-state index in [9.17, 15) is 4.39 Å². The van der Waals surface area contributed by atoms with Crippen LogP contribution in [-0.4, -0.2) is 21.1 Å². The third-order valence-electron chi connectivity index (χ3n) is 2.57. The Labute approximate surface area is 107 Å². The molecule has 92 valence electrons. The van der Waals surface area contributed by atoms with E-state index in [1.54, 1.807) is 17.4 Å². The molecule has 1 N–H and O–H groups in total. The molecular formula is C12H11FN4S. The van der Waals surface area contributed by atoms with Crippen LogP contribution >= 0.6 is 11.3 Å². The molecule has 0 saturated carbocycles. The molecule has 0 aliphatic rings. The molecule has 3 rings (SSSR count). The number of thiophene rings is 1. The zero-order valence-electron chi connectivity index (χ0n) is 9.51. The monoisotopic (exact) mass is 262 g/mol. The van der Waals surface area contributed by atoms with Crippen molar-refractivity contribution in [2.24, 2.45) is 0 Å². The molecule has 0 aromatic carbocycles. The topological polar surface area (TPSA) is 42.2 Å². The lowest BCUT2D eigenvalue weighted by atomic mass is 10.2. The van der Waals surface area contributed by atoms with Crippen molar-refractivity contribution in [1.82, 2.24) is 14.6 Å². The first kappa shape index (κ1) is 11.2. The van der Waals surface area contributed by atoms with Gasteiger partial charge in [0.05, 0.1) is 6.20 Å². The van der Waals surface area contributed by atoms with Crippen LogP contribution < -0.4 is 5.32 Å². The first-order chi connectivity index (χ1) is 8.81. The second-order valence-corrected chi connectivity index (χ2v) is 4.67. The fraction of sp³-hybridized carbons (Fsp3) is 0.167. The Morgan fingerprint density at radius 2 is 2.28 bits per heavy atom. The number of rotatable bonds is 4. The number of halogens is 1. The number of hydrogen-bond donors (Lipinski definition) is 1. The van der Waals surface area contributed by atoms with Gasteiger partial charge in [0.2, 0.25) is 5.95 Å². The van der Waals surface area contributed by atoms with Gasteiger partial charge in [-0.1, -0.05) is 0 Å². The molecule has 0 saturated heterocycles. The van der Waals surface area contributed by atoms with Crippen molar-refractivity contribution in [2.45, 2.75) is 6.42 Å². The molecule has 0 radical (unpaired) electrons. The average molecular weight is 262 g/mol. The Morgan fingerprint density at radius 3 is 3.11 bits per heavy atom. The first-order valence-corrected chi connectivity index (χ1v) is 6.52. The third-order valence-corrected chi connectivity index (χ3v) is 3.30. The van der Waals surface area contributed by atoms with Crippen molar-refractivity contribution >= 4 is 22.9 Å². The first-order valence-electron chi connectivity index (χ1n) is 5.58. The van der Waals surface area contributed by atoms with Gasteiger partial charge in [0.1, 0.15) is 5.82 Å². The summed E-state index contributed by atoms with van der Waals surface area (Å²) in [6.45, 7) is 0.760. The summed E-state index contributed by atoms with van der Waals surface area (Å²) in [5.41, 5.74) is 1.93. The molecule has 0 fully saturated rings. The normalized spacial score (nSPS) is 10.9. The van der Waals surface area contributed by atoms with Gasteiger partial charge < -0.3 is 5.32 Å². The van der Waals surface area contributed by atoms with Crippen LogP contribution in [0.4, 0.5) is 10.3 Å². The van der Waals surface area contributed by atoms with Gasteiger partial charge >= 0.3 is 0 Å². The van der Waals surface area contributed by atoms with Crippen molar-refractivity contribution < 1.29 is 4.39 Å². The predicted molar refractivity (Wildman–Crippen MR) is 69.5 cm³/mol. The molecular weight excluding hydrogens is 251 g/mol. The second-order valence-electron chi connectivity index (χ2n) is 3.89. The number of fused-ring (bicyclic) bond motifs is 1. The Morgan fingerprint density at radius 1 is 1.33 bits per heavy atom. The van der Waals surface area contributed by atoms with Crippen molar-refractivity contribution in [1.29, 1.82) is 0 Å². The predicted octanol–water partition coefficient (Wildman–Crippen LogP) is 2.58. The molecule has 4 nitrogen and oxygen atoms in total. The van der Waals surface area contributed by atoms with Crippen molar-refractivity contribution in [3.05, 3.63) is 46.5 Å². The standard InChI is InChI=1S/C12H11FN4S/c13-10-1-2-11-15-12(16-17(11)7-10)14-5-3-9-4-6-18-8-9/h1-2,4,6-8H,3,5H2,(H,14,16). The SMILES string of the molecule is Fc1ccc2nc(NCCc3ccsc3)nn2c1. The maximum Gasteiger partial charge on any atom is 0.243 e. The average Bonchev–Trinajstić information content (AvgIpc) is 2.97. The number of aromatic nitrogens is 3. The van der Waals surface area contributed by atoms with E-state index in [-0.39, 0.29) is 5.82 Å². The molecule has 6 heteroatoms. The summed E-state index contributed by atoms with van der Waals surface area (Å²) in [5, 5.41) is 11.5. The molecule has 0 aliphatic carbocycles. The highest BCUT2D eigenvalue weighted by atomic mass is 32.1. The Kier molecular flexibility index (Phi) is 2.93. The zero-order valence-corrected chi connectivity index (χ0v) is 10.3. The summed E-state index contributed by atoms with van der Waals surface area (Å²) in [5.74, 6) is 0.202. The van der Waals surface area contributed by atoms with E-state index in [0.717, 1.165) is 13.0 Å². The van der Waals surface area contributed by atoms with E-state index < -0.39 is 0 Å². The summed E-state index contributed by atoms with van der Waals surface area (Å²) in [6.07, 6.45) is 2.24. The van der Waals surface area contributed by atoms with Crippen LogP contribution in [0.3, 0.4) is 0 Å². The van der Waals surface area contributed by atoms with Crippen LogP contribution in [0.25, 0.3) is 5.65 Å². The van der Waals surface area contributed by atoms with Crippen LogP contribution in [0.15, 0.2) is 35.2 Å². The summed E-state index contributed by atoms with van der Waals surface area (Å²) in [7, 11) is 0. The van der Waals surface area contributed by atoms with Crippen molar-refractivity contribution in [2.75, 3.05) is 11.9 Å². The second kappa shape index (κ2) is 4.73. The summed E-state index contributed by atoms with van der Waals surface area (Å²) in [4.78, 5) is 4.25. The van der Waals surface area contributed by atoms with Crippen LogP contribution in [0.1, 0.15) is 5.56 Å². The molecule has 0 unspecified atom stereocenters. The molecule has 0 spiro atoms. The number of anilines is 1. The Bertz CT molecular complexity index is 647. The molecule has 3 heterocycles. The lowest BCUT2D eigenvalue weighted by Crippen LogP contribution is -2.05. The fourth-order valence-corrected chi connectivity index (χ4v) is 2.39. The smallest absolute Gasteiger partial charge is 0.243 e. The fourth-order valence-electron chi connectivity index (χ4n) is 1.69. The van der Waals surface area contributed by atoms with Crippen molar-refractivity contribution in [3.8, 4) is 0 Å². The van der Waals surface area contributed by atoms with E-state index in [0.29, 0.717) is 11.6 Å². The number of nitrogens with one attached hydrogen (secondary N) is 1. The molecule has 3 aromatic heterocycles. The minimum Gasteiger partial charge on any atom is -0.353 e. The van der Waals surface area contributed by atoms with Crippen molar-refractivity contribution in [3.63, 3.8) is 0 Å². The molecule has 0 aliphatic heterocycles. The van der Waals surface area contributed by atoms with Crippen LogP contribution in [0, 0.1) is 5.82 Å². The minimum absolute atomic E-state index is 0.322. The highest BCUT2D eigenvalue weighted by molar-refractivity contribution is 7.07. The largest absolute Gasteiger partial charge is 0.353 e. The van der Waals surface area contributed by atoms with E-state index in [4.69, 9.17) is 0 Å². The molecule has 18 heavy (non-hydrogen) atoms. The highest BCUT2D eigenvalue weighted by Gasteiger charge is 2.03. The van der Waals surface area contributed by atoms with Gasteiger partial charge in [0, 0.05) is 6.54 Å². The highest BCUT2D eigenvalue weighted by Crippen LogP contribution is 2.09. The number of pyridine rings is 1. The van der Waals surface area contributed by atoms with Crippen LogP contribution in [0.2, 0.25) is 0 Å². The summed E-state index contributed by atoms with van der Waals surface area (Å²) < 4.78 is 14.4. The van der Waals surface area contributed by atoms with Gasteiger partial charge in [-0.3, -0.25) is 0 Å². The lowest BCUT2D eigenvalue weighted by molar-refractivity contribution is 0.615. The van der Waals surface area contributed by atoms with Gasteiger partial charge in [0.25, 0.3) is 0 Å². The summed E-state index contributed by atoms with van der Waals surface area (Å²) in [6, 6.07) is 5.07. The number of nitrogens with zero attached hydrogens (tertiary/aromatic N) is 3. The minimum atomic E-state index is -0.322. The lowest BCUT2D eigenvalue weighted by Gasteiger charge is -1.98.